The summed E-state index contributed by atoms with van der Waals surface area (Å²) in [6.07, 6.45) is 3.73. The fourth-order valence-corrected chi connectivity index (χ4v) is 4.13. The van der Waals surface area contributed by atoms with E-state index in [1.807, 2.05) is 30.3 Å². The number of amides is 1. The number of benzene rings is 1. The summed E-state index contributed by atoms with van der Waals surface area (Å²) in [6.45, 7) is 3.80. The van der Waals surface area contributed by atoms with Crippen LogP contribution in [-0.2, 0) is 9.53 Å². The molecule has 1 aliphatic rings. The lowest BCUT2D eigenvalue weighted by molar-refractivity contribution is -0.130. The molecule has 3 unspecified atom stereocenters. The smallest absolute Gasteiger partial charge is 0.349 e. The number of carbonyl (C=O) groups excluding carboxylic acids is 2. The van der Waals surface area contributed by atoms with E-state index in [1.54, 1.807) is 6.92 Å². The first-order valence-electron chi connectivity index (χ1n) is 8.54. The Balaban J connectivity index is 1.59. The number of rotatable bonds is 4. The Morgan fingerprint density at radius 2 is 2.00 bits per heavy atom. The van der Waals surface area contributed by atoms with Gasteiger partial charge in [0.2, 0.25) is 0 Å². The van der Waals surface area contributed by atoms with Crippen LogP contribution in [0, 0.1) is 5.92 Å². The van der Waals surface area contributed by atoms with E-state index in [-0.39, 0.29) is 11.9 Å². The van der Waals surface area contributed by atoms with E-state index in [1.165, 1.54) is 17.8 Å². The molecular weight excluding hydrogens is 322 g/mol. The summed E-state index contributed by atoms with van der Waals surface area (Å²) in [5, 5.41) is 4.06. The lowest BCUT2D eigenvalue weighted by Crippen LogP contribution is -2.45. The molecule has 1 aromatic carbocycles. The number of ether oxygens (including phenoxy) is 1. The summed E-state index contributed by atoms with van der Waals surface area (Å²) in [4.78, 5) is 25.1. The van der Waals surface area contributed by atoms with Crippen molar-refractivity contribution in [2.75, 3.05) is 0 Å². The minimum atomic E-state index is -0.781. The van der Waals surface area contributed by atoms with E-state index in [0.29, 0.717) is 10.8 Å². The molecule has 0 radical (unpaired) electrons. The first kappa shape index (κ1) is 17.0. The minimum Gasteiger partial charge on any atom is -0.448 e. The van der Waals surface area contributed by atoms with E-state index in [2.05, 4.69) is 12.2 Å². The second-order valence-electron chi connectivity index (χ2n) is 6.57. The van der Waals surface area contributed by atoms with Crippen molar-refractivity contribution in [3.63, 3.8) is 0 Å². The van der Waals surface area contributed by atoms with Gasteiger partial charge in [0.05, 0.1) is 0 Å². The van der Waals surface area contributed by atoms with Crippen LogP contribution < -0.4 is 5.32 Å². The number of hydrogen-bond acceptors (Lipinski definition) is 4. The Labute approximate surface area is 146 Å². The summed E-state index contributed by atoms with van der Waals surface area (Å²) in [7, 11) is 0. The molecule has 0 aliphatic heterocycles. The first-order chi connectivity index (χ1) is 11.5. The SMILES string of the molecule is CC(OC(=O)c1cc2ccccc2s1)C(=O)NC1CCCCC1C. The van der Waals surface area contributed by atoms with E-state index in [9.17, 15) is 9.59 Å². The van der Waals surface area contributed by atoms with Crippen molar-refractivity contribution in [3.8, 4) is 0 Å². The van der Waals surface area contributed by atoms with Crippen molar-refractivity contribution in [2.24, 2.45) is 5.92 Å². The van der Waals surface area contributed by atoms with Gasteiger partial charge in [0, 0.05) is 10.7 Å². The van der Waals surface area contributed by atoms with Crippen LogP contribution in [0.5, 0.6) is 0 Å². The number of thiophene rings is 1. The summed E-state index contributed by atoms with van der Waals surface area (Å²) in [5.41, 5.74) is 0. The molecule has 1 heterocycles. The highest BCUT2D eigenvalue weighted by molar-refractivity contribution is 7.20. The van der Waals surface area contributed by atoms with Crippen molar-refractivity contribution >= 4 is 33.3 Å². The summed E-state index contributed by atoms with van der Waals surface area (Å²) in [6, 6.07) is 9.81. The van der Waals surface area contributed by atoms with Crippen molar-refractivity contribution in [1.29, 1.82) is 0 Å². The van der Waals surface area contributed by atoms with Gasteiger partial charge in [0.1, 0.15) is 4.88 Å². The van der Waals surface area contributed by atoms with Crippen LogP contribution in [0.15, 0.2) is 30.3 Å². The number of carbonyl (C=O) groups is 2. The maximum absolute atomic E-state index is 12.3. The summed E-state index contributed by atoms with van der Waals surface area (Å²) in [5.74, 6) is -0.160. The van der Waals surface area contributed by atoms with E-state index in [4.69, 9.17) is 4.74 Å². The second kappa shape index (κ2) is 7.34. The van der Waals surface area contributed by atoms with Crippen molar-refractivity contribution in [1.82, 2.24) is 5.32 Å². The van der Waals surface area contributed by atoms with Gasteiger partial charge in [-0.3, -0.25) is 4.79 Å². The van der Waals surface area contributed by atoms with Crippen molar-refractivity contribution in [2.45, 2.75) is 51.7 Å². The molecule has 5 heteroatoms. The van der Waals surface area contributed by atoms with Crippen LogP contribution >= 0.6 is 11.3 Å². The Kier molecular flexibility index (Phi) is 5.19. The van der Waals surface area contributed by atoms with Gasteiger partial charge in [0.25, 0.3) is 5.91 Å². The Bertz CT molecular complexity index is 706. The topological polar surface area (TPSA) is 55.4 Å². The molecule has 0 saturated heterocycles. The van der Waals surface area contributed by atoms with Crippen LogP contribution in [0.2, 0.25) is 0 Å². The molecule has 128 valence electrons. The van der Waals surface area contributed by atoms with E-state index in [0.717, 1.165) is 29.3 Å². The zero-order chi connectivity index (χ0) is 17.1. The van der Waals surface area contributed by atoms with Crippen LogP contribution in [0.1, 0.15) is 49.2 Å². The molecule has 1 fully saturated rings. The highest BCUT2D eigenvalue weighted by atomic mass is 32.1. The summed E-state index contributed by atoms with van der Waals surface area (Å²) >= 11 is 1.39. The molecular formula is C19H23NO3S. The fourth-order valence-electron chi connectivity index (χ4n) is 3.19. The number of hydrogen-bond donors (Lipinski definition) is 1. The van der Waals surface area contributed by atoms with Crippen LogP contribution in [0.3, 0.4) is 0 Å². The fraction of sp³-hybridized carbons (Fsp3) is 0.474. The predicted molar refractivity (Wildman–Crippen MR) is 96.3 cm³/mol. The van der Waals surface area contributed by atoms with Gasteiger partial charge in [-0.2, -0.15) is 0 Å². The third kappa shape index (κ3) is 3.78. The lowest BCUT2D eigenvalue weighted by Gasteiger charge is -2.30. The van der Waals surface area contributed by atoms with Gasteiger partial charge in [0.15, 0.2) is 6.10 Å². The maximum Gasteiger partial charge on any atom is 0.349 e. The molecule has 24 heavy (non-hydrogen) atoms. The number of esters is 1. The normalized spacial score (nSPS) is 22.1. The third-order valence-corrected chi connectivity index (χ3v) is 5.82. The van der Waals surface area contributed by atoms with Gasteiger partial charge in [-0.05, 0) is 43.2 Å². The molecule has 2 aromatic rings. The van der Waals surface area contributed by atoms with Crippen molar-refractivity contribution < 1.29 is 14.3 Å². The predicted octanol–water partition coefficient (Wildman–Crippen LogP) is 4.14. The maximum atomic E-state index is 12.3. The highest BCUT2D eigenvalue weighted by Crippen LogP contribution is 2.26. The first-order valence-corrected chi connectivity index (χ1v) is 9.36. The van der Waals surface area contributed by atoms with Gasteiger partial charge in [-0.1, -0.05) is 38.0 Å². The number of nitrogens with one attached hydrogen (secondary N) is 1. The Morgan fingerprint density at radius 1 is 1.25 bits per heavy atom. The zero-order valence-electron chi connectivity index (χ0n) is 14.1. The van der Waals surface area contributed by atoms with E-state index < -0.39 is 12.1 Å². The minimum absolute atomic E-state index is 0.191. The lowest BCUT2D eigenvalue weighted by atomic mass is 9.86. The largest absolute Gasteiger partial charge is 0.448 e. The molecule has 1 saturated carbocycles. The highest BCUT2D eigenvalue weighted by Gasteiger charge is 2.26. The van der Waals surface area contributed by atoms with Gasteiger partial charge < -0.3 is 10.1 Å². The monoisotopic (exact) mass is 345 g/mol. The number of fused-ring (bicyclic) bond motifs is 1. The third-order valence-electron chi connectivity index (χ3n) is 4.72. The molecule has 4 nitrogen and oxygen atoms in total. The molecule has 3 atom stereocenters. The molecule has 1 aliphatic carbocycles. The molecule has 1 aromatic heterocycles. The zero-order valence-corrected chi connectivity index (χ0v) is 14.9. The quantitative estimate of drug-likeness (QED) is 0.847. The summed E-state index contributed by atoms with van der Waals surface area (Å²) < 4.78 is 6.40. The van der Waals surface area contributed by atoms with Gasteiger partial charge in [-0.15, -0.1) is 11.3 Å². The Hall–Kier alpha value is -1.88. The van der Waals surface area contributed by atoms with Crippen LogP contribution in [-0.4, -0.2) is 24.0 Å². The standard InChI is InChI=1S/C19H23NO3S/c1-12-7-3-5-9-15(12)20-18(21)13(2)23-19(22)17-11-14-8-4-6-10-16(14)24-17/h4,6,8,10-13,15H,3,5,7,9H2,1-2H3,(H,20,21). The van der Waals surface area contributed by atoms with Gasteiger partial charge >= 0.3 is 5.97 Å². The van der Waals surface area contributed by atoms with Crippen LogP contribution in [0.4, 0.5) is 0 Å². The average molecular weight is 345 g/mol. The average Bonchev–Trinajstić information content (AvgIpc) is 3.01. The second-order valence-corrected chi connectivity index (χ2v) is 7.66. The molecule has 0 spiro atoms. The Morgan fingerprint density at radius 3 is 2.75 bits per heavy atom. The van der Waals surface area contributed by atoms with Gasteiger partial charge in [-0.25, -0.2) is 4.79 Å². The molecule has 3 rings (SSSR count). The van der Waals surface area contributed by atoms with Crippen LogP contribution in [0.25, 0.3) is 10.1 Å². The molecule has 1 amide bonds. The van der Waals surface area contributed by atoms with Crippen molar-refractivity contribution in [3.05, 3.63) is 35.2 Å². The molecule has 1 N–H and O–H groups in total. The molecule has 0 bridgehead atoms. The van der Waals surface area contributed by atoms with E-state index >= 15 is 0 Å².